The van der Waals surface area contributed by atoms with Crippen molar-refractivity contribution in [1.29, 1.82) is 0 Å². The molecule has 0 spiro atoms. The second-order valence-electron chi connectivity index (χ2n) is 4.34. The molecule has 16 heavy (non-hydrogen) atoms. The fraction of sp³-hybridized carbons (Fsp3) is 0.875. The van der Waals surface area contributed by atoms with Crippen LogP contribution in [-0.4, -0.2) is 48.6 Å². The van der Waals surface area contributed by atoms with Gasteiger partial charge in [0.1, 0.15) is 0 Å². The van der Waals surface area contributed by atoms with E-state index in [-0.39, 0.29) is 37.1 Å². The summed E-state index contributed by atoms with van der Waals surface area (Å²) in [6.45, 7) is 0.359. The molecule has 2 aliphatic rings. The number of aliphatic carboxylic acids is 1. The second-order valence-corrected chi connectivity index (χ2v) is 6.61. The predicted octanol–water partition coefficient (Wildman–Crippen LogP) is -0.512. The van der Waals surface area contributed by atoms with Crippen LogP contribution in [0.1, 0.15) is 6.42 Å². The number of hydrogen-bond acceptors (Lipinski definition) is 5. The quantitative estimate of drug-likeness (QED) is 0.674. The Morgan fingerprint density at radius 2 is 2.12 bits per heavy atom. The number of carbonyl (C=O) groups is 1. The molecule has 2 fully saturated rings. The molecule has 0 aromatic heterocycles. The van der Waals surface area contributed by atoms with Gasteiger partial charge in [-0.25, -0.2) is 8.42 Å². The molecule has 2 aliphatic heterocycles. The maximum atomic E-state index is 11.7. The van der Waals surface area contributed by atoms with Crippen LogP contribution in [0.4, 0.5) is 0 Å². The molecule has 3 atom stereocenters. The van der Waals surface area contributed by atoms with Crippen LogP contribution in [-0.2, 0) is 14.6 Å². The first-order valence-corrected chi connectivity index (χ1v) is 6.67. The van der Waals surface area contributed by atoms with Gasteiger partial charge in [-0.3, -0.25) is 9.80 Å². The van der Waals surface area contributed by atoms with E-state index in [0.29, 0.717) is 0 Å². The van der Waals surface area contributed by atoms with Crippen molar-refractivity contribution in [3.8, 4) is 0 Å². The summed E-state index contributed by atoms with van der Waals surface area (Å²) < 4.78 is 23.5. The third-order valence-corrected chi connectivity index (χ3v) is 5.67. The molecule has 2 rings (SSSR count). The van der Waals surface area contributed by atoms with Crippen LogP contribution in [0.25, 0.3) is 0 Å². The minimum atomic E-state index is -3.27. The fourth-order valence-electron chi connectivity index (χ4n) is 2.66. The van der Waals surface area contributed by atoms with Crippen molar-refractivity contribution in [2.24, 2.45) is 17.1 Å². The number of nitrogens with zero attached hydrogens (tertiary/aromatic N) is 2. The zero-order valence-electron chi connectivity index (χ0n) is 8.44. The summed E-state index contributed by atoms with van der Waals surface area (Å²) in [6.07, 6.45) is -0.160. The van der Waals surface area contributed by atoms with Gasteiger partial charge in [0.2, 0.25) is 0 Å². The van der Waals surface area contributed by atoms with Gasteiger partial charge in [0.25, 0.3) is 0 Å². The molecule has 0 aromatic carbocycles. The summed E-state index contributed by atoms with van der Waals surface area (Å²) >= 11 is 0. The minimum absolute atomic E-state index is 0.0820. The van der Waals surface area contributed by atoms with Gasteiger partial charge in [-0.15, -0.1) is 4.91 Å². The van der Waals surface area contributed by atoms with Gasteiger partial charge in [-0.1, -0.05) is 0 Å². The predicted molar refractivity (Wildman–Crippen MR) is 54.2 cm³/mol. The van der Waals surface area contributed by atoms with E-state index in [1.165, 1.54) is 5.01 Å². The number of carboxylic acid groups (broad SMARTS) is 1. The molecule has 7 nitrogen and oxygen atoms in total. The topological polar surface area (TPSA) is 104 Å². The normalized spacial score (nSPS) is 36.0. The van der Waals surface area contributed by atoms with Crippen LogP contribution in [0.2, 0.25) is 0 Å². The number of fused-ring (bicyclic) bond motifs is 1. The third kappa shape index (κ3) is 1.77. The van der Waals surface area contributed by atoms with Crippen molar-refractivity contribution in [3.05, 3.63) is 4.91 Å². The van der Waals surface area contributed by atoms with Gasteiger partial charge in [0.15, 0.2) is 9.84 Å². The highest BCUT2D eigenvalue weighted by molar-refractivity contribution is 7.92. The average Bonchev–Trinajstić information content (AvgIpc) is 2.67. The SMILES string of the molecule is O=NN1CC2C(CC(=O)O)CS(=O)(=O)C2C1. The molecular weight excluding hydrogens is 236 g/mol. The number of nitroso groups, excluding NO2 is 1. The summed E-state index contributed by atoms with van der Waals surface area (Å²) in [5.41, 5.74) is 0. The van der Waals surface area contributed by atoms with Crippen molar-refractivity contribution in [2.45, 2.75) is 11.7 Å². The highest BCUT2D eigenvalue weighted by Gasteiger charge is 2.52. The van der Waals surface area contributed by atoms with E-state index in [9.17, 15) is 18.1 Å². The third-order valence-electron chi connectivity index (χ3n) is 3.36. The molecule has 8 heteroatoms. The Morgan fingerprint density at radius 1 is 1.44 bits per heavy atom. The molecule has 0 aromatic rings. The largest absolute Gasteiger partial charge is 0.481 e. The molecular formula is C8H12N2O5S. The standard InChI is InChI=1S/C8H12N2O5S/c11-8(12)1-5-4-16(14,15)7-3-10(9-13)2-6(5)7/h5-7H,1-4H2,(H,11,12). The summed E-state index contributed by atoms with van der Waals surface area (Å²) in [6, 6.07) is 0. The first kappa shape index (κ1) is 11.3. The fourth-order valence-corrected chi connectivity index (χ4v) is 5.11. The molecule has 0 amide bonds. The first-order chi connectivity index (χ1) is 7.44. The minimum Gasteiger partial charge on any atom is -0.481 e. The van der Waals surface area contributed by atoms with E-state index in [1.807, 2.05) is 0 Å². The van der Waals surface area contributed by atoms with Crippen molar-refractivity contribution >= 4 is 15.8 Å². The lowest BCUT2D eigenvalue weighted by Crippen LogP contribution is -2.23. The lowest BCUT2D eigenvalue weighted by atomic mass is 9.91. The summed E-state index contributed by atoms with van der Waals surface area (Å²) in [7, 11) is -3.27. The van der Waals surface area contributed by atoms with Crippen LogP contribution in [0.5, 0.6) is 0 Å². The van der Waals surface area contributed by atoms with Crippen LogP contribution < -0.4 is 0 Å². The monoisotopic (exact) mass is 248 g/mol. The molecule has 2 heterocycles. The van der Waals surface area contributed by atoms with Gasteiger partial charge in [0.05, 0.1) is 22.8 Å². The van der Waals surface area contributed by atoms with E-state index in [2.05, 4.69) is 5.29 Å². The summed E-state index contributed by atoms with van der Waals surface area (Å²) in [5.74, 6) is -1.74. The van der Waals surface area contributed by atoms with Crippen LogP contribution in [0.15, 0.2) is 5.29 Å². The van der Waals surface area contributed by atoms with Gasteiger partial charge in [-0.05, 0) is 5.92 Å². The van der Waals surface area contributed by atoms with Gasteiger partial charge in [-0.2, -0.15) is 0 Å². The number of carboxylic acids is 1. The number of sulfone groups is 1. The van der Waals surface area contributed by atoms with Gasteiger partial charge >= 0.3 is 5.97 Å². The van der Waals surface area contributed by atoms with Crippen molar-refractivity contribution in [1.82, 2.24) is 5.01 Å². The zero-order valence-corrected chi connectivity index (χ0v) is 9.26. The second kappa shape index (κ2) is 3.69. The summed E-state index contributed by atoms with van der Waals surface area (Å²) in [5, 5.41) is 12.0. The number of hydrogen-bond donors (Lipinski definition) is 1. The van der Waals surface area contributed by atoms with Crippen LogP contribution in [0.3, 0.4) is 0 Å². The maximum Gasteiger partial charge on any atom is 0.303 e. The smallest absolute Gasteiger partial charge is 0.303 e. The van der Waals surface area contributed by atoms with E-state index < -0.39 is 21.1 Å². The van der Waals surface area contributed by atoms with Crippen LogP contribution >= 0.6 is 0 Å². The molecule has 90 valence electrons. The summed E-state index contributed by atoms with van der Waals surface area (Å²) in [4.78, 5) is 21.0. The Labute approximate surface area is 92.3 Å². The Balaban J connectivity index is 2.21. The Morgan fingerprint density at radius 3 is 2.69 bits per heavy atom. The van der Waals surface area contributed by atoms with E-state index in [4.69, 9.17) is 5.11 Å². The van der Waals surface area contributed by atoms with Crippen molar-refractivity contribution in [3.63, 3.8) is 0 Å². The maximum absolute atomic E-state index is 11.7. The van der Waals surface area contributed by atoms with Gasteiger partial charge < -0.3 is 5.11 Å². The Kier molecular flexibility index (Phi) is 2.61. The lowest BCUT2D eigenvalue weighted by Gasteiger charge is -2.13. The number of rotatable bonds is 3. The zero-order chi connectivity index (χ0) is 11.9. The molecule has 0 radical (unpaired) electrons. The molecule has 3 unspecified atom stereocenters. The van der Waals surface area contributed by atoms with E-state index in [0.717, 1.165) is 0 Å². The van der Waals surface area contributed by atoms with Gasteiger partial charge in [0, 0.05) is 18.9 Å². The Bertz CT molecular complexity index is 420. The molecule has 0 bridgehead atoms. The van der Waals surface area contributed by atoms with E-state index in [1.54, 1.807) is 0 Å². The Hall–Kier alpha value is -1.18. The lowest BCUT2D eigenvalue weighted by molar-refractivity contribution is -0.138. The average molecular weight is 248 g/mol. The van der Waals surface area contributed by atoms with E-state index >= 15 is 0 Å². The van der Waals surface area contributed by atoms with Crippen molar-refractivity contribution in [2.75, 3.05) is 18.8 Å². The van der Waals surface area contributed by atoms with Crippen molar-refractivity contribution < 1.29 is 18.3 Å². The molecule has 0 saturated carbocycles. The molecule has 0 aliphatic carbocycles. The first-order valence-electron chi connectivity index (χ1n) is 4.95. The van der Waals surface area contributed by atoms with Crippen LogP contribution in [0, 0.1) is 16.7 Å². The molecule has 2 saturated heterocycles. The highest BCUT2D eigenvalue weighted by atomic mass is 32.2. The molecule has 1 N–H and O–H groups in total. The highest BCUT2D eigenvalue weighted by Crippen LogP contribution is 2.39.